The Bertz CT molecular complexity index is 558. The number of aromatic nitrogens is 2. The smallest absolute Gasteiger partial charge is 0.213 e. The lowest BCUT2D eigenvalue weighted by Crippen LogP contribution is -2.15. The summed E-state index contributed by atoms with van der Waals surface area (Å²) >= 11 is 0. The number of hydrogen-bond acceptors (Lipinski definition) is 2. The van der Waals surface area contributed by atoms with Gasteiger partial charge in [-0.3, -0.25) is 9.89 Å². The van der Waals surface area contributed by atoms with Crippen LogP contribution in [0.25, 0.3) is 11.1 Å². The highest BCUT2D eigenvalue weighted by Crippen LogP contribution is 2.45. The van der Waals surface area contributed by atoms with Crippen molar-refractivity contribution in [1.82, 2.24) is 10.2 Å². The summed E-state index contributed by atoms with van der Waals surface area (Å²) in [6.45, 7) is 0. The summed E-state index contributed by atoms with van der Waals surface area (Å²) in [7, 11) is 1.80. The molecule has 92 valence electrons. The number of amides is 1. The lowest BCUT2D eigenvalue weighted by atomic mass is 10.0. The van der Waals surface area contributed by atoms with Crippen LogP contribution in [0.1, 0.15) is 24.3 Å². The third-order valence-electron chi connectivity index (χ3n) is 3.42. The van der Waals surface area contributed by atoms with Crippen LogP contribution < -0.4 is 4.90 Å². The Morgan fingerprint density at radius 1 is 1.39 bits per heavy atom. The molecule has 0 unspecified atom stereocenters. The molecule has 1 aliphatic carbocycles. The van der Waals surface area contributed by atoms with Gasteiger partial charge < -0.3 is 4.90 Å². The van der Waals surface area contributed by atoms with E-state index in [1.165, 1.54) is 18.4 Å². The summed E-state index contributed by atoms with van der Waals surface area (Å²) in [5, 5.41) is 6.76. The van der Waals surface area contributed by atoms with Gasteiger partial charge in [0.25, 0.3) is 0 Å². The topological polar surface area (TPSA) is 49.0 Å². The molecule has 4 heteroatoms. The molecule has 1 aromatic heterocycles. The second kappa shape index (κ2) is 4.29. The minimum absolute atomic E-state index is 0.626. The summed E-state index contributed by atoms with van der Waals surface area (Å²) in [6.07, 6.45) is 6.96. The third-order valence-corrected chi connectivity index (χ3v) is 3.42. The summed E-state index contributed by atoms with van der Waals surface area (Å²) in [5.41, 5.74) is 4.40. The zero-order valence-corrected chi connectivity index (χ0v) is 10.3. The Labute approximate surface area is 106 Å². The lowest BCUT2D eigenvalue weighted by molar-refractivity contribution is -0.107. The lowest BCUT2D eigenvalue weighted by Gasteiger charge is -2.17. The SMILES string of the molecule is CN(C=O)c1cc(-c2cn[nH]c2)ccc1C1CC1. The highest BCUT2D eigenvalue weighted by molar-refractivity contribution is 5.80. The van der Waals surface area contributed by atoms with Gasteiger partial charge >= 0.3 is 0 Å². The number of hydrogen-bond donors (Lipinski definition) is 1. The largest absolute Gasteiger partial charge is 0.318 e. The molecular formula is C14H15N3O. The molecule has 1 aromatic carbocycles. The molecule has 0 radical (unpaired) electrons. The third kappa shape index (κ3) is 1.90. The average molecular weight is 241 g/mol. The van der Waals surface area contributed by atoms with Crippen LogP contribution in [-0.2, 0) is 4.79 Å². The van der Waals surface area contributed by atoms with E-state index in [0.29, 0.717) is 5.92 Å². The van der Waals surface area contributed by atoms with Gasteiger partial charge in [-0.05, 0) is 36.0 Å². The van der Waals surface area contributed by atoms with E-state index in [4.69, 9.17) is 0 Å². The molecule has 0 spiro atoms. The number of aromatic amines is 1. The molecule has 0 saturated heterocycles. The maximum atomic E-state index is 11.0. The molecule has 1 aliphatic rings. The molecule has 2 aromatic rings. The highest BCUT2D eigenvalue weighted by atomic mass is 16.1. The number of carbonyl (C=O) groups is 1. The molecule has 4 nitrogen and oxygen atoms in total. The van der Waals surface area contributed by atoms with E-state index in [9.17, 15) is 4.79 Å². The number of nitrogens with zero attached hydrogens (tertiary/aromatic N) is 2. The van der Waals surface area contributed by atoms with Crippen molar-refractivity contribution in [3.05, 3.63) is 36.2 Å². The number of H-pyrrole nitrogens is 1. The monoisotopic (exact) mass is 241 g/mol. The van der Waals surface area contributed by atoms with Crippen LogP contribution in [-0.4, -0.2) is 23.7 Å². The van der Waals surface area contributed by atoms with Crippen molar-refractivity contribution >= 4 is 12.1 Å². The molecule has 18 heavy (non-hydrogen) atoms. The van der Waals surface area contributed by atoms with Crippen molar-refractivity contribution in [3.63, 3.8) is 0 Å². The Morgan fingerprint density at radius 2 is 2.22 bits per heavy atom. The number of nitrogens with one attached hydrogen (secondary N) is 1. The minimum atomic E-state index is 0.626. The van der Waals surface area contributed by atoms with E-state index in [-0.39, 0.29) is 0 Å². The number of rotatable bonds is 4. The fourth-order valence-electron chi connectivity index (χ4n) is 2.23. The summed E-state index contributed by atoms with van der Waals surface area (Å²) in [6, 6.07) is 6.29. The molecule has 1 heterocycles. The standard InChI is InChI=1S/C14H15N3O/c1-17(9-18)14-6-11(12-7-15-16-8-12)4-5-13(14)10-2-3-10/h4-10H,2-3H2,1H3,(H,15,16). The first-order valence-corrected chi connectivity index (χ1v) is 6.11. The van der Waals surface area contributed by atoms with Crippen LogP contribution in [0.2, 0.25) is 0 Å². The Hall–Kier alpha value is -2.10. The molecule has 1 amide bonds. The number of anilines is 1. The highest BCUT2D eigenvalue weighted by Gasteiger charge is 2.27. The number of carbonyl (C=O) groups excluding carboxylic acids is 1. The molecule has 0 aliphatic heterocycles. The summed E-state index contributed by atoms with van der Waals surface area (Å²) < 4.78 is 0. The van der Waals surface area contributed by atoms with Gasteiger partial charge in [-0.25, -0.2) is 0 Å². The molecule has 0 bridgehead atoms. The summed E-state index contributed by atoms with van der Waals surface area (Å²) in [5.74, 6) is 0.626. The predicted octanol–water partition coefficient (Wildman–Crippen LogP) is 2.55. The second-order valence-corrected chi connectivity index (χ2v) is 4.75. The van der Waals surface area contributed by atoms with Gasteiger partial charge in [-0.2, -0.15) is 5.10 Å². The van der Waals surface area contributed by atoms with Crippen LogP contribution in [0.5, 0.6) is 0 Å². The first kappa shape index (κ1) is 11.0. The van der Waals surface area contributed by atoms with Crippen molar-refractivity contribution in [2.45, 2.75) is 18.8 Å². The van der Waals surface area contributed by atoms with E-state index in [0.717, 1.165) is 23.2 Å². The van der Waals surface area contributed by atoms with Crippen LogP contribution in [0, 0.1) is 0 Å². The van der Waals surface area contributed by atoms with Gasteiger partial charge in [0, 0.05) is 24.5 Å². The fraction of sp³-hybridized carbons (Fsp3) is 0.286. The quantitative estimate of drug-likeness (QED) is 0.836. The number of benzene rings is 1. The Balaban J connectivity index is 2.06. The zero-order valence-electron chi connectivity index (χ0n) is 10.3. The maximum absolute atomic E-state index is 11.0. The normalized spacial score (nSPS) is 14.5. The van der Waals surface area contributed by atoms with Crippen molar-refractivity contribution in [1.29, 1.82) is 0 Å². The van der Waals surface area contributed by atoms with E-state index in [1.54, 1.807) is 18.1 Å². The van der Waals surface area contributed by atoms with E-state index >= 15 is 0 Å². The van der Waals surface area contributed by atoms with Gasteiger partial charge in [-0.15, -0.1) is 0 Å². The van der Waals surface area contributed by atoms with Crippen LogP contribution in [0.4, 0.5) is 5.69 Å². The van der Waals surface area contributed by atoms with Crippen molar-refractivity contribution in [2.24, 2.45) is 0 Å². The van der Waals surface area contributed by atoms with Gasteiger partial charge in [0.1, 0.15) is 0 Å². The van der Waals surface area contributed by atoms with E-state index in [1.807, 2.05) is 6.20 Å². The molecular weight excluding hydrogens is 226 g/mol. The zero-order chi connectivity index (χ0) is 12.5. The molecule has 0 atom stereocenters. The van der Waals surface area contributed by atoms with Gasteiger partial charge in [0.05, 0.1) is 6.20 Å². The van der Waals surface area contributed by atoms with Crippen molar-refractivity contribution in [2.75, 3.05) is 11.9 Å². The first-order chi connectivity index (χ1) is 8.79. The predicted molar refractivity (Wildman–Crippen MR) is 70.5 cm³/mol. The van der Waals surface area contributed by atoms with Crippen molar-refractivity contribution in [3.8, 4) is 11.1 Å². The summed E-state index contributed by atoms with van der Waals surface area (Å²) in [4.78, 5) is 12.7. The maximum Gasteiger partial charge on any atom is 0.213 e. The van der Waals surface area contributed by atoms with Crippen LogP contribution in [0.15, 0.2) is 30.6 Å². The first-order valence-electron chi connectivity index (χ1n) is 6.11. The van der Waals surface area contributed by atoms with E-state index in [2.05, 4.69) is 28.4 Å². The van der Waals surface area contributed by atoms with Gasteiger partial charge in [-0.1, -0.05) is 12.1 Å². The fourth-order valence-corrected chi connectivity index (χ4v) is 2.23. The van der Waals surface area contributed by atoms with Gasteiger partial charge in [0.15, 0.2) is 0 Å². The molecule has 1 saturated carbocycles. The average Bonchev–Trinajstić information content (AvgIpc) is 3.11. The minimum Gasteiger partial charge on any atom is -0.318 e. The Kier molecular flexibility index (Phi) is 2.63. The van der Waals surface area contributed by atoms with E-state index < -0.39 is 0 Å². The molecule has 3 rings (SSSR count). The van der Waals surface area contributed by atoms with Crippen LogP contribution in [0.3, 0.4) is 0 Å². The Morgan fingerprint density at radius 3 is 2.83 bits per heavy atom. The molecule has 1 N–H and O–H groups in total. The van der Waals surface area contributed by atoms with Crippen LogP contribution >= 0.6 is 0 Å². The molecule has 1 fully saturated rings. The van der Waals surface area contributed by atoms with Crippen molar-refractivity contribution < 1.29 is 4.79 Å². The second-order valence-electron chi connectivity index (χ2n) is 4.75. The van der Waals surface area contributed by atoms with Gasteiger partial charge in [0.2, 0.25) is 6.41 Å².